The van der Waals surface area contributed by atoms with Gasteiger partial charge in [-0.15, -0.1) is 0 Å². The Morgan fingerprint density at radius 1 is 1.26 bits per heavy atom. The molecule has 3 rings (SSSR count). The molecular formula is C16H17F3N2O2. The molecule has 2 atom stereocenters. The van der Waals surface area contributed by atoms with Crippen LogP contribution in [0.15, 0.2) is 39.6 Å². The second-order valence-corrected chi connectivity index (χ2v) is 5.89. The summed E-state index contributed by atoms with van der Waals surface area (Å²) in [6.45, 7) is 0.739. The van der Waals surface area contributed by atoms with Crippen LogP contribution in [0.4, 0.5) is 13.2 Å². The largest absolute Gasteiger partial charge is 0.416 e. The third kappa shape index (κ3) is 3.85. The molecule has 124 valence electrons. The molecule has 2 unspecified atom stereocenters. The lowest BCUT2D eigenvalue weighted by Crippen LogP contribution is -2.38. The Labute approximate surface area is 130 Å². The number of hydrogen-bond donors (Lipinski definition) is 2. The maximum absolute atomic E-state index is 12.8. The molecule has 2 heterocycles. The normalized spacial score (nSPS) is 22.2. The average Bonchev–Trinajstić information content (AvgIpc) is 2.94. The first-order valence-electron chi connectivity index (χ1n) is 7.50. The molecule has 2 aromatic rings. The van der Waals surface area contributed by atoms with Gasteiger partial charge in [0.2, 0.25) is 0 Å². The topological polar surface area (TPSA) is 58.0 Å². The van der Waals surface area contributed by atoms with Gasteiger partial charge >= 0.3 is 6.18 Å². The lowest BCUT2D eigenvalue weighted by Gasteiger charge is -2.29. The zero-order valence-electron chi connectivity index (χ0n) is 12.3. The summed E-state index contributed by atoms with van der Waals surface area (Å²) in [6.07, 6.45) is -2.26. The molecule has 1 aliphatic rings. The number of halogens is 3. The summed E-state index contributed by atoms with van der Waals surface area (Å²) in [6, 6.07) is 6.91. The van der Waals surface area contributed by atoms with Crippen molar-refractivity contribution in [2.45, 2.75) is 37.4 Å². The van der Waals surface area contributed by atoms with Gasteiger partial charge in [-0.25, -0.2) is 0 Å². The highest BCUT2D eigenvalue weighted by Gasteiger charge is 2.31. The third-order valence-electron chi connectivity index (χ3n) is 4.18. The minimum absolute atomic E-state index is 0.0532. The number of hydrogen-bond acceptors (Lipinski definition) is 3. The highest BCUT2D eigenvalue weighted by atomic mass is 19.4. The summed E-state index contributed by atoms with van der Waals surface area (Å²) >= 11 is 0. The van der Waals surface area contributed by atoms with Gasteiger partial charge in [-0.3, -0.25) is 4.79 Å². The summed E-state index contributed by atoms with van der Waals surface area (Å²) in [7, 11) is 0. The molecule has 7 heteroatoms. The summed E-state index contributed by atoms with van der Waals surface area (Å²) in [5, 5.41) is 5.60. The van der Waals surface area contributed by atoms with E-state index in [-0.39, 0.29) is 17.5 Å². The van der Waals surface area contributed by atoms with E-state index in [9.17, 15) is 18.0 Å². The number of H-pyrrole nitrogens is 1. The van der Waals surface area contributed by atoms with Crippen molar-refractivity contribution < 1.29 is 17.7 Å². The van der Waals surface area contributed by atoms with Crippen molar-refractivity contribution in [2.24, 2.45) is 0 Å². The highest BCUT2D eigenvalue weighted by Crippen LogP contribution is 2.31. The van der Waals surface area contributed by atoms with E-state index in [0.717, 1.165) is 25.5 Å². The van der Waals surface area contributed by atoms with Crippen LogP contribution in [0.3, 0.4) is 0 Å². The predicted octanol–water partition coefficient (Wildman–Crippen LogP) is 3.07. The SMILES string of the molecule is O=c1cc(C2CCNC(Cc3cccc(C(F)(F)F)c3)C2)o[nH]1. The Morgan fingerprint density at radius 3 is 2.78 bits per heavy atom. The van der Waals surface area contributed by atoms with Crippen LogP contribution < -0.4 is 10.9 Å². The van der Waals surface area contributed by atoms with E-state index in [2.05, 4.69) is 10.5 Å². The van der Waals surface area contributed by atoms with Crippen molar-refractivity contribution in [3.8, 4) is 0 Å². The third-order valence-corrected chi connectivity index (χ3v) is 4.18. The van der Waals surface area contributed by atoms with Crippen molar-refractivity contribution in [3.63, 3.8) is 0 Å². The summed E-state index contributed by atoms with van der Waals surface area (Å²) in [4.78, 5) is 11.2. The molecule has 0 bridgehead atoms. The fourth-order valence-corrected chi connectivity index (χ4v) is 3.08. The van der Waals surface area contributed by atoms with E-state index in [1.165, 1.54) is 18.2 Å². The summed E-state index contributed by atoms with van der Waals surface area (Å²) in [5.74, 6) is 0.719. The number of alkyl halides is 3. The number of rotatable bonds is 3. The molecule has 0 saturated carbocycles. The smallest absolute Gasteiger partial charge is 0.383 e. The van der Waals surface area contributed by atoms with Crippen LogP contribution in [0.5, 0.6) is 0 Å². The van der Waals surface area contributed by atoms with Gasteiger partial charge in [0.05, 0.1) is 5.56 Å². The lowest BCUT2D eigenvalue weighted by molar-refractivity contribution is -0.137. The van der Waals surface area contributed by atoms with E-state index in [1.807, 2.05) is 0 Å². The fourth-order valence-electron chi connectivity index (χ4n) is 3.08. The second kappa shape index (κ2) is 6.23. The molecule has 1 saturated heterocycles. The van der Waals surface area contributed by atoms with Crippen molar-refractivity contribution >= 4 is 0 Å². The van der Waals surface area contributed by atoms with Crippen LogP contribution in [0.2, 0.25) is 0 Å². The van der Waals surface area contributed by atoms with Gasteiger partial charge < -0.3 is 9.84 Å². The quantitative estimate of drug-likeness (QED) is 0.911. The first kappa shape index (κ1) is 15.9. The lowest BCUT2D eigenvalue weighted by atomic mass is 9.87. The summed E-state index contributed by atoms with van der Waals surface area (Å²) < 4.78 is 43.5. The Bertz CT molecular complexity index is 720. The van der Waals surface area contributed by atoms with Gasteiger partial charge in [0, 0.05) is 18.0 Å². The highest BCUT2D eigenvalue weighted by molar-refractivity contribution is 5.26. The number of aromatic amines is 1. The first-order valence-corrected chi connectivity index (χ1v) is 7.50. The van der Waals surface area contributed by atoms with E-state index in [1.54, 1.807) is 6.07 Å². The Kier molecular flexibility index (Phi) is 4.30. The number of nitrogens with one attached hydrogen (secondary N) is 2. The Morgan fingerprint density at radius 2 is 2.09 bits per heavy atom. The van der Waals surface area contributed by atoms with Crippen LogP contribution in [-0.4, -0.2) is 17.7 Å². The first-order chi connectivity index (χ1) is 10.9. The average molecular weight is 326 g/mol. The van der Waals surface area contributed by atoms with Crippen molar-refractivity contribution in [1.82, 2.24) is 10.5 Å². The van der Waals surface area contributed by atoms with E-state index < -0.39 is 11.7 Å². The Hall–Kier alpha value is -2.02. The maximum atomic E-state index is 12.8. The van der Waals surface area contributed by atoms with Gasteiger partial charge in [-0.05, 0) is 37.4 Å². The molecule has 1 aromatic heterocycles. The minimum Gasteiger partial charge on any atom is -0.383 e. The molecule has 0 spiro atoms. The number of benzene rings is 1. The van der Waals surface area contributed by atoms with Gasteiger partial charge in [0.1, 0.15) is 5.76 Å². The minimum atomic E-state index is -4.33. The molecule has 2 N–H and O–H groups in total. The Balaban J connectivity index is 1.69. The van der Waals surface area contributed by atoms with Crippen LogP contribution in [0, 0.1) is 0 Å². The monoisotopic (exact) mass is 326 g/mol. The van der Waals surface area contributed by atoms with Crippen molar-refractivity contribution in [3.05, 3.63) is 57.6 Å². The molecule has 0 amide bonds. The second-order valence-electron chi connectivity index (χ2n) is 5.89. The zero-order valence-corrected chi connectivity index (χ0v) is 12.3. The van der Waals surface area contributed by atoms with Crippen LogP contribution in [-0.2, 0) is 12.6 Å². The molecule has 1 aliphatic heterocycles. The van der Waals surface area contributed by atoms with Gasteiger partial charge in [0.15, 0.2) is 0 Å². The van der Waals surface area contributed by atoms with Gasteiger partial charge in [0.25, 0.3) is 5.56 Å². The molecular weight excluding hydrogens is 309 g/mol. The predicted molar refractivity (Wildman–Crippen MR) is 78.2 cm³/mol. The standard InChI is InChI=1S/C16H17F3N2O2/c17-16(18,19)12-3-1-2-10(6-12)7-13-8-11(4-5-20-13)14-9-15(22)21-23-14/h1-3,6,9,11,13,20H,4-5,7-8H2,(H,21,22). The van der Waals surface area contributed by atoms with Gasteiger partial charge in [-0.1, -0.05) is 18.2 Å². The number of aromatic nitrogens is 1. The van der Waals surface area contributed by atoms with E-state index in [4.69, 9.17) is 4.52 Å². The molecule has 4 nitrogen and oxygen atoms in total. The van der Waals surface area contributed by atoms with E-state index in [0.29, 0.717) is 17.7 Å². The molecule has 1 aromatic carbocycles. The zero-order chi connectivity index (χ0) is 16.4. The fraction of sp³-hybridized carbons (Fsp3) is 0.438. The molecule has 0 aliphatic carbocycles. The van der Waals surface area contributed by atoms with Crippen LogP contribution in [0.1, 0.15) is 35.6 Å². The summed E-state index contributed by atoms with van der Waals surface area (Å²) in [5.41, 5.74) is -0.250. The van der Waals surface area contributed by atoms with Gasteiger partial charge in [-0.2, -0.15) is 18.3 Å². The molecule has 1 fully saturated rings. The van der Waals surface area contributed by atoms with Crippen molar-refractivity contribution in [2.75, 3.05) is 6.54 Å². The number of piperidine rings is 1. The van der Waals surface area contributed by atoms with Crippen LogP contribution >= 0.6 is 0 Å². The van der Waals surface area contributed by atoms with Crippen LogP contribution in [0.25, 0.3) is 0 Å². The maximum Gasteiger partial charge on any atom is 0.416 e. The van der Waals surface area contributed by atoms with E-state index >= 15 is 0 Å². The van der Waals surface area contributed by atoms with Crippen molar-refractivity contribution in [1.29, 1.82) is 0 Å². The molecule has 0 radical (unpaired) electrons. The molecule has 23 heavy (non-hydrogen) atoms.